The Balaban J connectivity index is 1.17. The minimum atomic E-state index is -0.452. The summed E-state index contributed by atoms with van der Waals surface area (Å²) in [7, 11) is 0. The smallest absolute Gasteiger partial charge is 0.127 e. The predicted molar refractivity (Wildman–Crippen MR) is 212 cm³/mol. The zero-order valence-electron chi connectivity index (χ0n) is 27.3. The monoisotopic (exact) mass is 662 g/mol. The van der Waals surface area contributed by atoms with Crippen molar-refractivity contribution < 1.29 is 0 Å². The highest BCUT2D eigenvalue weighted by Crippen LogP contribution is 2.43. The van der Waals surface area contributed by atoms with Gasteiger partial charge in [0.15, 0.2) is 0 Å². The number of nitrogens with zero attached hydrogens (tertiary/aromatic N) is 2. The number of aromatic nitrogens is 1. The van der Waals surface area contributed by atoms with Crippen LogP contribution < -0.4 is 11.1 Å². The largest absolute Gasteiger partial charge is 0.312 e. The lowest BCUT2D eigenvalue weighted by atomic mass is 10.0. The first-order valence-corrected chi connectivity index (χ1v) is 17.7. The molecule has 0 spiro atoms. The fourth-order valence-corrected chi connectivity index (χ4v) is 8.31. The molecule has 5 heteroatoms. The molecule has 0 aliphatic heterocycles. The highest BCUT2D eigenvalue weighted by Gasteiger charge is 2.20. The van der Waals surface area contributed by atoms with Gasteiger partial charge in [-0.05, 0) is 58.1 Å². The molecule has 0 aliphatic carbocycles. The van der Waals surface area contributed by atoms with E-state index in [1.807, 2.05) is 41.8 Å². The third kappa shape index (κ3) is 5.48. The molecule has 4 nitrogen and oxygen atoms in total. The van der Waals surface area contributed by atoms with Crippen LogP contribution in [-0.4, -0.2) is 10.8 Å². The first-order valence-electron chi connectivity index (χ1n) is 16.9. The molecule has 9 aromatic rings. The SMILES string of the molecule is NC(NC(/N=C/c1ccccc1)c1cccc(-n2c3ccccc3c3ccc4c5ccccc5sc4c32)c1)c1cccc(-c2ccccc2)c1. The van der Waals surface area contributed by atoms with Gasteiger partial charge in [-0.3, -0.25) is 10.3 Å². The van der Waals surface area contributed by atoms with E-state index in [0.717, 1.165) is 33.5 Å². The number of fused-ring (bicyclic) bond motifs is 7. The standard InChI is InChI=1S/C45H34N4S/c46-44(33-18-11-17-32(27-33)31-15-5-2-6-16-31)48-45(47-29-30-13-3-1-4-14-30)34-19-12-20-35(28-34)49-40-23-9-7-21-36(40)38-25-26-39-37-22-8-10-24-41(37)50-43(39)42(38)49/h1-29,44-45,48H,46H2/b47-29+. The van der Waals surface area contributed by atoms with E-state index in [-0.39, 0.29) is 0 Å². The topological polar surface area (TPSA) is 55.3 Å². The lowest BCUT2D eigenvalue weighted by Gasteiger charge is -2.22. The lowest BCUT2D eigenvalue weighted by molar-refractivity contribution is 0.467. The van der Waals surface area contributed by atoms with Crippen LogP contribution in [0.3, 0.4) is 0 Å². The molecule has 50 heavy (non-hydrogen) atoms. The van der Waals surface area contributed by atoms with E-state index in [1.165, 1.54) is 42.0 Å². The molecule has 2 unspecified atom stereocenters. The van der Waals surface area contributed by atoms with Gasteiger partial charge in [0.25, 0.3) is 0 Å². The van der Waals surface area contributed by atoms with Gasteiger partial charge in [0.2, 0.25) is 0 Å². The van der Waals surface area contributed by atoms with E-state index in [9.17, 15) is 0 Å². The van der Waals surface area contributed by atoms with Crippen LogP contribution in [-0.2, 0) is 0 Å². The van der Waals surface area contributed by atoms with E-state index >= 15 is 0 Å². The molecule has 3 N–H and O–H groups in total. The number of benzene rings is 7. The highest BCUT2D eigenvalue weighted by molar-refractivity contribution is 7.26. The Morgan fingerprint density at radius 2 is 1.26 bits per heavy atom. The first kappa shape index (κ1) is 30.2. The second kappa shape index (κ2) is 12.9. The van der Waals surface area contributed by atoms with Crippen molar-refractivity contribution in [2.24, 2.45) is 10.7 Å². The molecular formula is C45H34N4S. The summed E-state index contributed by atoms with van der Waals surface area (Å²) >= 11 is 1.86. The maximum Gasteiger partial charge on any atom is 0.127 e. The van der Waals surface area contributed by atoms with Gasteiger partial charge in [-0.15, -0.1) is 11.3 Å². The van der Waals surface area contributed by atoms with Crippen molar-refractivity contribution in [3.05, 3.63) is 187 Å². The van der Waals surface area contributed by atoms with Gasteiger partial charge in [-0.25, -0.2) is 0 Å². The summed E-state index contributed by atoms with van der Waals surface area (Å²) in [5.74, 6) is 0. The van der Waals surface area contributed by atoms with Crippen molar-refractivity contribution in [1.29, 1.82) is 0 Å². The van der Waals surface area contributed by atoms with E-state index < -0.39 is 12.3 Å². The minimum Gasteiger partial charge on any atom is -0.312 e. The molecule has 7 aromatic carbocycles. The van der Waals surface area contributed by atoms with Gasteiger partial charge in [-0.1, -0.05) is 140 Å². The van der Waals surface area contributed by atoms with Crippen molar-refractivity contribution in [2.75, 3.05) is 0 Å². The Morgan fingerprint density at radius 1 is 0.580 bits per heavy atom. The maximum absolute atomic E-state index is 6.94. The van der Waals surface area contributed by atoms with Crippen LogP contribution in [0.4, 0.5) is 0 Å². The van der Waals surface area contributed by atoms with Crippen molar-refractivity contribution in [3.8, 4) is 16.8 Å². The summed E-state index contributed by atoms with van der Waals surface area (Å²) in [6.45, 7) is 0. The molecule has 2 atom stereocenters. The number of hydrogen-bond donors (Lipinski definition) is 2. The molecule has 0 saturated carbocycles. The maximum atomic E-state index is 6.94. The van der Waals surface area contributed by atoms with Crippen molar-refractivity contribution in [3.63, 3.8) is 0 Å². The molecule has 2 heterocycles. The van der Waals surface area contributed by atoms with Crippen LogP contribution in [0.1, 0.15) is 29.0 Å². The number of aliphatic imine (C=N–C) groups is 1. The zero-order chi connectivity index (χ0) is 33.4. The van der Waals surface area contributed by atoms with Gasteiger partial charge in [-0.2, -0.15) is 0 Å². The van der Waals surface area contributed by atoms with Gasteiger partial charge in [0, 0.05) is 38.1 Å². The van der Waals surface area contributed by atoms with Crippen molar-refractivity contribution in [1.82, 2.24) is 9.88 Å². The third-order valence-electron chi connectivity index (χ3n) is 9.49. The van der Waals surface area contributed by atoms with Crippen molar-refractivity contribution in [2.45, 2.75) is 12.3 Å². The second-order valence-electron chi connectivity index (χ2n) is 12.6. The molecule has 0 amide bonds. The number of rotatable bonds is 8. The molecule has 0 saturated heterocycles. The van der Waals surface area contributed by atoms with Gasteiger partial charge in [0.1, 0.15) is 6.17 Å². The molecule has 240 valence electrons. The van der Waals surface area contributed by atoms with Crippen LogP contribution in [0.25, 0.3) is 58.8 Å². The number of nitrogens with one attached hydrogen (secondary N) is 1. The highest BCUT2D eigenvalue weighted by atomic mass is 32.1. The van der Waals surface area contributed by atoms with E-state index in [2.05, 4.69) is 155 Å². The zero-order valence-corrected chi connectivity index (χ0v) is 28.1. The van der Waals surface area contributed by atoms with Crippen LogP contribution in [0, 0.1) is 0 Å². The quantitative estimate of drug-likeness (QED) is 0.126. The summed E-state index contributed by atoms with van der Waals surface area (Å²) in [5.41, 5.74) is 15.8. The summed E-state index contributed by atoms with van der Waals surface area (Å²) < 4.78 is 5.01. The fraction of sp³-hybridized carbons (Fsp3) is 0.0444. The van der Waals surface area contributed by atoms with E-state index in [4.69, 9.17) is 10.7 Å². The fourth-order valence-electron chi connectivity index (χ4n) is 7.07. The molecule has 0 bridgehead atoms. The number of para-hydroxylation sites is 1. The van der Waals surface area contributed by atoms with E-state index in [0.29, 0.717) is 0 Å². The molecule has 2 aromatic heterocycles. The summed E-state index contributed by atoms with van der Waals surface area (Å²) in [4.78, 5) is 5.11. The number of thiophene rings is 1. The Labute approximate surface area is 294 Å². The molecule has 9 rings (SSSR count). The minimum absolute atomic E-state index is 0.400. The average molecular weight is 663 g/mol. The van der Waals surface area contributed by atoms with Crippen molar-refractivity contribution >= 4 is 59.5 Å². The molecule has 0 fully saturated rings. The molecular weight excluding hydrogens is 629 g/mol. The van der Waals surface area contributed by atoms with Crippen LogP contribution in [0.15, 0.2) is 175 Å². The summed E-state index contributed by atoms with van der Waals surface area (Å²) in [5, 5.41) is 8.74. The van der Waals surface area contributed by atoms with Crippen LogP contribution >= 0.6 is 11.3 Å². The van der Waals surface area contributed by atoms with Gasteiger partial charge in [0.05, 0.1) is 21.9 Å². The molecule has 0 aliphatic rings. The normalized spacial score (nSPS) is 13.1. The lowest BCUT2D eigenvalue weighted by Crippen LogP contribution is -2.31. The average Bonchev–Trinajstić information content (AvgIpc) is 3.73. The Bertz CT molecular complexity index is 2650. The Kier molecular flexibility index (Phi) is 7.79. The van der Waals surface area contributed by atoms with Crippen LogP contribution in [0.5, 0.6) is 0 Å². The number of hydrogen-bond acceptors (Lipinski definition) is 4. The summed E-state index contributed by atoms with van der Waals surface area (Å²) in [6, 6.07) is 59.7. The Morgan fingerprint density at radius 3 is 2.12 bits per heavy atom. The van der Waals surface area contributed by atoms with Crippen LogP contribution in [0.2, 0.25) is 0 Å². The second-order valence-corrected chi connectivity index (χ2v) is 13.7. The van der Waals surface area contributed by atoms with E-state index in [1.54, 1.807) is 0 Å². The Hall–Kier alpha value is -5.85. The van der Waals surface area contributed by atoms with Gasteiger partial charge < -0.3 is 10.3 Å². The van der Waals surface area contributed by atoms with Gasteiger partial charge >= 0.3 is 0 Å². The predicted octanol–water partition coefficient (Wildman–Crippen LogP) is 11.2. The first-order chi connectivity index (χ1) is 24.7. The third-order valence-corrected chi connectivity index (χ3v) is 10.7. The number of nitrogens with two attached hydrogens (primary N) is 1. The molecule has 0 radical (unpaired) electrons. The summed E-state index contributed by atoms with van der Waals surface area (Å²) in [6.07, 6.45) is 1.08.